The molecule has 1 aromatic heterocycles. The number of anilines is 1. The van der Waals surface area contributed by atoms with Crippen molar-refractivity contribution in [1.82, 2.24) is 9.88 Å². The second kappa shape index (κ2) is 7.89. The van der Waals surface area contributed by atoms with E-state index in [1.165, 1.54) is 5.39 Å². The first-order chi connectivity index (χ1) is 13.2. The Morgan fingerprint density at radius 2 is 1.67 bits per heavy atom. The third kappa shape index (κ3) is 3.86. The average molecular weight is 359 g/mol. The number of carbonyl (C=O) groups excluding carboxylic acids is 1. The molecule has 27 heavy (non-hydrogen) atoms. The van der Waals surface area contributed by atoms with Crippen molar-refractivity contribution in [2.75, 3.05) is 37.6 Å². The highest BCUT2D eigenvalue weighted by atomic mass is 16.1. The van der Waals surface area contributed by atoms with Crippen LogP contribution in [0.1, 0.15) is 23.0 Å². The molecule has 0 radical (unpaired) electrons. The Morgan fingerprint density at radius 3 is 2.41 bits per heavy atom. The molecule has 1 aliphatic heterocycles. The van der Waals surface area contributed by atoms with Gasteiger partial charge in [0.25, 0.3) is 0 Å². The minimum absolute atomic E-state index is 0.111. The second-order valence-electron chi connectivity index (χ2n) is 7.05. The molecule has 0 unspecified atom stereocenters. The van der Waals surface area contributed by atoms with Crippen LogP contribution in [-0.4, -0.2) is 48.4 Å². The highest BCUT2D eigenvalue weighted by Crippen LogP contribution is 2.27. The van der Waals surface area contributed by atoms with Crippen LogP contribution in [0.15, 0.2) is 60.7 Å². The topological polar surface area (TPSA) is 36.4 Å². The molecule has 4 rings (SSSR count). The van der Waals surface area contributed by atoms with Gasteiger partial charge >= 0.3 is 0 Å². The Kier molecular flexibility index (Phi) is 5.16. The standard InChI is InChI=1S/C23H25N3O/c1-2-25-12-14-26(15-13-25)23-21-11-7-6-10-19(21)16-20(24-23)17-22(27)18-8-4-3-5-9-18/h3-11,16H,2,12-15,17H2,1H3. The maximum Gasteiger partial charge on any atom is 0.168 e. The summed E-state index contributed by atoms with van der Waals surface area (Å²) in [6.07, 6.45) is 0.330. The van der Waals surface area contributed by atoms with Crippen LogP contribution in [0.2, 0.25) is 0 Å². The van der Waals surface area contributed by atoms with Gasteiger partial charge in [-0.2, -0.15) is 0 Å². The number of carbonyl (C=O) groups is 1. The van der Waals surface area contributed by atoms with E-state index < -0.39 is 0 Å². The van der Waals surface area contributed by atoms with Crippen LogP contribution in [-0.2, 0) is 6.42 Å². The molecule has 0 saturated carbocycles. The molecular weight excluding hydrogens is 334 g/mol. The van der Waals surface area contributed by atoms with Crippen molar-refractivity contribution >= 4 is 22.4 Å². The number of rotatable bonds is 5. The number of piperazine rings is 1. The molecule has 0 N–H and O–H groups in total. The third-order valence-corrected chi connectivity index (χ3v) is 5.33. The molecule has 1 aliphatic rings. The van der Waals surface area contributed by atoms with E-state index in [9.17, 15) is 4.79 Å². The lowest BCUT2D eigenvalue weighted by Crippen LogP contribution is -2.46. The molecule has 2 heterocycles. The summed E-state index contributed by atoms with van der Waals surface area (Å²) in [6, 6.07) is 19.9. The number of benzene rings is 2. The van der Waals surface area contributed by atoms with Crippen molar-refractivity contribution in [3.05, 3.63) is 71.9 Å². The van der Waals surface area contributed by atoms with Gasteiger partial charge in [0.1, 0.15) is 5.82 Å². The Hall–Kier alpha value is -2.72. The van der Waals surface area contributed by atoms with Gasteiger partial charge in [0.05, 0.1) is 12.1 Å². The van der Waals surface area contributed by atoms with Crippen molar-refractivity contribution in [2.24, 2.45) is 0 Å². The molecule has 4 heteroatoms. The maximum absolute atomic E-state index is 12.7. The van der Waals surface area contributed by atoms with E-state index >= 15 is 0 Å². The minimum Gasteiger partial charge on any atom is -0.354 e. The number of nitrogens with zero attached hydrogens (tertiary/aromatic N) is 3. The number of aromatic nitrogens is 1. The summed E-state index contributed by atoms with van der Waals surface area (Å²) in [5, 5.41) is 2.31. The molecule has 4 nitrogen and oxygen atoms in total. The summed E-state index contributed by atoms with van der Waals surface area (Å²) in [4.78, 5) is 22.4. The summed E-state index contributed by atoms with van der Waals surface area (Å²) in [6.45, 7) is 7.36. The van der Waals surface area contributed by atoms with Gasteiger partial charge in [-0.1, -0.05) is 61.5 Å². The van der Waals surface area contributed by atoms with Crippen LogP contribution < -0.4 is 4.90 Å². The first-order valence-electron chi connectivity index (χ1n) is 9.69. The lowest BCUT2D eigenvalue weighted by Gasteiger charge is -2.35. The average Bonchev–Trinajstić information content (AvgIpc) is 2.74. The normalized spacial score (nSPS) is 15.2. The van der Waals surface area contributed by atoms with Crippen LogP contribution in [0.5, 0.6) is 0 Å². The molecule has 0 aliphatic carbocycles. The SMILES string of the molecule is CCN1CCN(c2nc(CC(=O)c3ccccc3)cc3ccccc23)CC1. The van der Waals surface area contributed by atoms with E-state index in [4.69, 9.17) is 4.98 Å². The first-order valence-corrected chi connectivity index (χ1v) is 9.69. The number of hydrogen-bond donors (Lipinski definition) is 0. The Labute approximate surface area is 160 Å². The van der Waals surface area contributed by atoms with Crippen molar-refractivity contribution < 1.29 is 4.79 Å². The molecule has 1 saturated heterocycles. The zero-order valence-electron chi connectivity index (χ0n) is 15.8. The van der Waals surface area contributed by atoms with Crippen LogP contribution in [0.3, 0.4) is 0 Å². The molecule has 0 amide bonds. The highest BCUT2D eigenvalue weighted by Gasteiger charge is 2.20. The zero-order chi connectivity index (χ0) is 18.6. The van der Waals surface area contributed by atoms with E-state index in [0.29, 0.717) is 6.42 Å². The van der Waals surface area contributed by atoms with Gasteiger partial charge in [0.15, 0.2) is 5.78 Å². The number of Topliss-reactive ketones (excluding diaryl/α,β-unsaturated/α-hetero) is 1. The fraction of sp³-hybridized carbons (Fsp3) is 0.304. The van der Waals surface area contributed by atoms with Crippen LogP contribution in [0.25, 0.3) is 10.8 Å². The smallest absolute Gasteiger partial charge is 0.168 e. The quantitative estimate of drug-likeness (QED) is 0.649. The van der Waals surface area contributed by atoms with Crippen molar-refractivity contribution in [2.45, 2.75) is 13.3 Å². The lowest BCUT2D eigenvalue weighted by atomic mass is 10.0. The van der Waals surface area contributed by atoms with E-state index in [1.54, 1.807) is 0 Å². The fourth-order valence-electron chi connectivity index (χ4n) is 3.73. The van der Waals surface area contributed by atoms with Gasteiger partial charge < -0.3 is 9.80 Å². The van der Waals surface area contributed by atoms with Gasteiger partial charge in [-0.25, -0.2) is 4.98 Å². The van der Waals surface area contributed by atoms with Crippen LogP contribution >= 0.6 is 0 Å². The van der Waals surface area contributed by atoms with Crippen LogP contribution in [0.4, 0.5) is 5.82 Å². The second-order valence-corrected chi connectivity index (χ2v) is 7.05. The lowest BCUT2D eigenvalue weighted by molar-refractivity contribution is 0.0992. The largest absolute Gasteiger partial charge is 0.354 e. The number of ketones is 1. The molecule has 0 atom stereocenters. The fourth-order valence-corrected chi connectivity index (χ4v) is 3.73. The van der Waals surface area contributed by atoms with Crippen molar-refractivity contribution in [3.8, 4) is 0 Å². The summed E-state index contributed by atoms with van der Waals surface area (Å²) in [5.74, 6) is 1.12. The predicted molar refractivity (Wildman–Crippen MR) is 111 cm³/mol. The Morgan fingerprint density at radius 1 is 0.963 bits per heavy atom. The number of pyridine rings is 1. The maximum atomic E-state index is 12.7. The van der Waals surface area contributed by atoms with Crippen molar-refractivity contribution in [1.29, 1.82) is 0 Å². The first kappa shape index (κ1) is 17.7. The number of likely N-dealkylation sites (N-methyl/N-ethyl adjacent to an activating group) is 1. The van der Waals surface area contributed by atoms with Gasteiger partial charge in [-0.05, 0) is 18.0 Å². The van der Waals surface area contributed by atoms with Crippen molar-refractivity contribution in [3.63, 3.8) is 0 Å². The molecule has 2 aromatic carbocycles. The molecular formula is C23H25N3O. The van der Waals surface area contributed by atoms with E-state index in [-0.39, 0.29) is 5.78 Å². The molecule has 3 aromatic rings. The molecule has 1 fully saturated rings. The monoisotopic (exact) mass is 359 g/mol. The van der Waals surface area contributed by atoms with E-state index in [2.05, 4.69) is 41.0 Å². The van der Waals surface area contributed by atoms with Gasteiger partial charge in [0.2, 0.25) is 0 Å². The molecule has 138 valence electrons. The summed E-state index contributed by atoms with van der Waals surface area (Å²) < 4.78 is 0. The van der Waals surface area contributed by atoms with Gasteiger partial charge in [-0.3, -0.25) is 4.79 Å². The minimum atomic E-state index is 0.111. The Balaban J connectivity index is 1.65. The summed E-state index contributed by atoms with van der Waals surface area (Å²) in [7, 11) is 0. The summed E-state index contributed by atoms with van der Waals surface area (Å²) in [5.41, 5.74) is 1.58. The highest BCUT2D eigenvalue weighted by molar-refractivity contribution is 5.98. The number of fused-ring (bicyclic) bond motifs is 1. The molecule has 0 spiro atoms. The van der Waals surface area contributed by atoms with Gasteiger partial charge in [-0.15, -0.1) is 0 Å². The Bertz CT molecular complexity index is 931. The summed E-state index contributed by atoms with van der Waals surface area (Å²) >= 11 is 0. The predicted octanol–water partition coefficient (Wildman–Crippen LogP) is 3.80. The molecule has 0 bridgehead atoms. The van der Waals surface area contributed by atoms with E-state index in [0.717, 1.165) is 55.2 Å². The van der Waals surface area contributed by atoms with Crippen LogP contribution in [0, 0.1) is 0 Å². The third-order valence-electron chi connectivity index (χ3n) is 5.33. The zero-order valence-corrected chi connectivity index (χ0v) is 15.8. The van der Waals surface area contributed by atoms with Gasteiger partial charge in [0, 0.05) is 37.1 Å². The van der Waals surface area contributed by atoms with E-state index in [1.807, 2.05) is 36.4 Å². The number of hydrogen-bond acceptors (Lipinski definition) is 4.